The number of anilines is 1. The number of methoxy groups -OCH3 is 1. The lowest BCUT2D eigenvalue weighted by atomic mass is 9.98. The minimum atomic E-state index is 0.321. The predicted octanol–water partition coefficient (Wildman–Crippen LogP) is 3.21. The van der Waals surface area contributed by atoms with Crippen LogP contribution in [0.3, 0.4) is 0 Å². The molecule has 0 bridgehead atoms. The molecule has 18 heavy (non-hydrogen) atoms. The van der Waals surface area contributed by atoms with Gasteiger partial charge in [-0.15, -0.1) is 11.6 Å². The first-order valence-corrected chi connectivity index (χ1v) is 7.02. The van der Waals surface area contributed by atoms with E-state index in [1.54, 1.807) is 6.20 Å². The second kappa shape index (κ2) is 6.43. The van der Waals surface area contributed by atoms with Gasteiger partial charge in [0, 0.05) is 12.4 Å². The molecule has 0 radical (unpaired) electrons. The van der Waals surface area contributed by atoms with Crippen LogP contribution in [0.1, 0.15) is 19.3 Å². The highest BCUT2D eigenvalue weighted by molar-refractivity contribution is 6.32. The SMILES string of the molecule is COc1ncc(Cl)c(NCC2CCCC2CCl)n1. The fourth-order valence-corrected chi connectivity index (χ4v) is 2.95. The first-order valence-electron chi connectivity index (χ1n) is 6.11. The van der Waals surface area contributed by atoms with Crippen molar-refractivity contribution >= 4 is 29.0 Å². The Balaban J connectivity index is 1.97. The molecule has 1 saturated carbocycles. The molecule has 6 heteroatoms. The van der Waals surface area contributed by atoms with E-state index in [9.17, 15) is 0 Å². The van der Waals surface area contributed by atoms with Crippen molar-refractivity contribution < 1.29 is 4.74 Å². The molecule has 0 saturated heterocycles. The van der Waals surface area contributed by atoms with Gasteiger partial charge in [-0.1, -0.05) is 18.0 Å². The molecule has 1 N–H and O–H groups in total. The molecule has 2 rings (SSSR count). The smallest absolute Gasteiger partial charge is 0.318 e. The molecule has 1 fully saturated rings. The second-order valence-electron chi connectivity index (χ2n) is 4.54. The van der Waals surface area contributed by atoms with Gasteiger partial charge in [0.2, 0.25) is 0 Å². The van der Waals surface area contributed by atoms with E-state index in [1.165, 1.54) is 26.4 Å². The van der Waals surface area contributed by atoms with Crippen LogP contribution in [0.15, 0.2) is 6.20 Å². The van der Waals surface area contributed by atoms with Crippen LogP contribution >= 0.6 is 23.2 Å². The van der Waals surface area contributed by atoms with Gasteiger partial charge in [0.05, 0.1) is 13.3 Å². The molecule has 0 aliphatic heterocycles. The van der Waals surface area contributed by atoms with Gasteiger partial charge in [0.1, 0.15) is 5.02 Å². The first kappa shape index (κ1) is 13.7. The quantitative estimate of drug-likeness (QED) is 0.846. The summed E-state index contributed by atoms with van der Waals surface area (Å²) in [4.78, 5) is 8.14. The van der Waals surface area contributed by atoms with Gasteiger partial charge < -0.3 is 10.1 Å². The number of ether oxygens (including phenoxy) is 1. The molecule has 1 aliphatic carbocycles. The second-order valence-corrected chi connectivity index (χ2v) is 5.26. The highest BCUT2D eigenvalue weighted by Gasteiger charge is 2.26. The Morgan fingerprint density at radius 1 is 1.44 bits per heavy atom. The highest BCUT2D eigenvalue weighted by atomic mass is 35.5. The van der Waals surface area contributed by atoms with Crippen LogP contribution in [-0.2, 0) is 0 Å². The van der Waals surface area contributed by atoms with E-state index in [0.717, 1.165) is 12.4 Å². The van der Waals surface area contributed by atoms with Crippen molar-refractivity contribution in [2.45, 2.75) is 19.3 Å². The fraction of sp³-hybridized carbons (Fsp3) is 0.667. The van der Waals surface area contributed by atoms with Crippen LogP contribution in [0.5, 0.6) is 6.01 Å². The number of hydrogen-bond acceptors (Lipinski definition) is 4. The van der Waals surface area contributed by atoms with E-state index >= 15 is 0 Å². The summed E-state index contributed by atoms with van der Waals surface area (Å²) < 4.78 is 4.98. The normalized spacial score (nSPS) is 23.1. The van der Waals surface area contributed by atoms with E-state index in [2.05, 4.69) is 15.3 Å². The Morgan fingerprint density at radius 2 is 2.22 bits per heavy atom. The molecule has 1 aliphatic rings. The topological polar surface area (TPSA) is 47.0 Å². The molecular formula is C12H17Cl2N3O. The summed E-state index contributed by atoms with van der Waals surface area (Å²) in [6, 6.07) is 0.321. The van der Waals surface area contributed by atoms with Gasteiger partial charge in [-0.2, -0.15) is 4.98 Å². The van der Waals surface area contributed by atoms with E-state index in [-0.39, 0.29) is 0 Å². The molecule has 0 aromatic carbocycles. The average molecular weight is 290 g/mol. The number of rotatable bonds is 5. The molecule has 2 atom stereocenters. The van der Waals surface area contributed by atoms with E-state index in [4.69, 9.17) is 27.9 Å². The molecule has 0 spiro atoms. The molecular weight excluding hydrogens is 273 g/mol. The summed E-state index contributed by atoms with van der Waals surface area (Å²) in [7, 11) is 1.54. The van der Waals surface area contributed by atoms with Crippen molar-refractivity contribution in [1.82, 2.24) is 9.97 Å². The lowest BCUT2D eigenvalue weighted by Gasteiger charge is -2.18. The molecule has 0 amide bonds. The Labute approximate surface area is 117 Å². The molecule has 1 aromatic heterocycles. The minimum Gasteiger partial charge on any atom is -0.467 e. The molecule has 1 aromatic rings. The first-order chi connectivity index (χ1) is 8.74. The summed E-state index contributed by atoms with van der Waals surface area (Å²) >= 11 is 12.0. The molecule has 100 valence electrons. The van der Waals surface area contributed by atoms with Gasteiger partial charge in [0.25, 0.3) is 0 Å². The third kappa shape index (κ3) is 3.18. The Bertz CT molecular complexity index is 403. The van der Waals surface area contributed by atoms with Crippen molar-refractivity contribution in [2.75, 3.05) is 24.9 Å². The number of aromatic nitrogens is 2. The Kier molecular flexibility index (Phi) is 4.89. The van der Waals surface area contributed by atoms with Crippen molar-refractivity contribution in [2.24, 2.45) is 11.8 Å². The molecule has 4 nitrogen and oxygen atoms in total. The van der Waals surface area contributed by atoms with Gasteiger partial charge in [-0.25, -0.2) is 4.98 Å². The van der Waals surface area contributed by atoms with Crippen LogP contribution in [0.4, 0.5) is 5.82 Å². The predicted molar refractivity (Wildman–Crippen MR) is 73.6 cm³/mol. The number of nitrogens with one attached hydrogen (secondary N) is 1. The lowest BCUT2D eigenvalue weighted by Crippen LogP contribution is -2.20. The van der Waals surface area contributed by atoms with Crippen LogP contribution in [0.2, 0.25) is 5.02 Å². The van der Waals surface area contributed by atoms with Crippen LogP contribution in [-0.4, -0.2) is 29.5 Å². The van der Waals surface area contributed by atoms with Crippen molar-refractivity contribution in [3.8, 4) is 6.01 Å². The highest BCUT2D eigenvalue weighted by Crippen LogP contribution is 2.33. The maximum Gasteiger partial charge on any atom is 0.318 e. The van der Waals surface area contributed by atoms with Crippen LogP contribution < -0.4 is 10.1 Å². The summed E-state index contributed by atoms with van der Waals surface area (Å²) in [5.41, 5.74) is 0. The zero-order valence-corrected chi connectivity index (χ0v) is 11.8. The maximum absolute atomic E-state index is 6.04. The van der Waals surface area contributed by atoms with Gasteiger partial charge in [0.15, 0.2) is 5.82 Å². The maximum atomic E-state index is 6.04. The monoisotopic (exact) mass is 289 g/mol. The number of halogens is 2. The van der Waals surface area contributed by atoms with Crippen LogP contribution in [0.25, 0.3) is 0 Å². The number of nitrogens with zero attached hydrogens (tertiary/aromatic N) is 2. The zero-order chi connectivity index (χ0) is 13.0. The summed E-state index contributed by atoms with van der Waals surface area (Å²) in [6.45, 7) is 0.845. The largest absolute Gasteiger partial charge is 0.467 e. The van der Waals surface area contributed by atoms with Gasteiger partial charge >= 0.3 is 6.01 Å². The van der Waals surface area contributed by atoms with Crippen LogP contribution in [0, 0.1) is 11.8 Å². The summed E-state index contributed by atoms with van der Waals surface area (Å²) in [5, 5.41) is 3.78. The number of hydrogen-bond donors (Lipinski definition) is 1. The lowest BCUT2D eigenvalue weighted by molar-refractivity contribution is 0.380. The zero-order valence-electron chi connectivity index (χ0n) is 10.3. The minimum absolute atomic E-state index is 0.321. The van der Waals surface area contributed by atoms with E-state index < -0.39 is 0 Å². The average Bonchev–Trinajstić information content (AvgIpc) is 2.85. The standard InChI is InChI=1S/C12H17Cl2N3O/c1-18-12-16-7-10(14)11(17-12)15-6-9-4-2-3-8(9)5-13/h7-9H,2-6H2,1H3,(H,15,16,17). The summed E-state index contributed by atoms with van der Waals surface area (Å²) in [5.74, 6) is 2.55. The third-order valence-electron chi connectivity index (χ3n) is 3.45. The van der Waals surface area contributed by atoms with Gasteiger partial charge in [-0.05, 0) is 24.7 Å². The Morgan fingerprint density at radius 3 is 2.94 bits per heavy atom. The van der Waals surface area contributed by atoms with E-state index in [1.807, 2.05) is 0 Å². The van der Waals surface area contributed by atoms with Crippen molar-refractivity contribution in [3.63, 3.8) is 0 Å². The van der Waals surface area contributed by atoms with E-state index in [0.29, 0.717) is 28.7 Å². The Hall–Kier alpha value is -0.740. The van der Waals surface area contributed by atoms with Gasteiger partial charge in [-0.3, -0.25) is 0 Å². The fourth-order valence-electron chi connectivity index (χ4n) is 2.39. The van der Waals surface area contributed by atoms with Crippen molar-refractivity contribution in [1.29, 1.82) is 0 Å². The number of alkyl halides is 1. The van der Waals surface area contributed by atoms with Crippen molar-refractivity contribution in [3.05, 3.63) is 11.2 Å². The molecule has 2 unspecified atom stereocenters. The molecule has 1 heterocycles. The summed E-state index contributed by atoms with van der Waals surface area (Å²) in [6.07, 6.45) is 5.23. The third-order valence-corrected chi connectivity index (χ3v) is 4.12.